The van der Waals surface area contributed by atoms with Crippen molar-refractivity contribution < 1.29 is 4.39 Å². The first-order valence-corrected chi connectivity index (χ1v) is 7.23. The van der Waals surface area contributed by atoms with Gasteiger partial charge in [-0.1, -0.05) is 19.1 Å². The lowest BCUT2D eigenvalue weighted by atomic mass is 10.1. The van der Waals surface area contributed by atoms with Gasteiger partial charge < -0.3 is 0 Å². The predicted octanol–water partition coefficient (Wildman–Crippen LogP) is 2.12. The number of halogens is 1. The normalized spacial score (nSPS) is 17.9. The summed E-state index contributed by atoms with van der Waals surface area (Å²) in [6, 6.07) is 9.11. The first-order valence-electron chi connectivity index (χ1n) is 7.23. The Labute approximate surface area is 125 Å². The van der Waals surface area contributed by atoms with Crippen LogP contribution in [-0.2, 0) is 6.54 Å². The van der Waals surface area contributed by atoms with Crippen LogP contribution in [0, 0.1) is 28.5 Å². The van der Waals surface area contributed by atoms with Crippen molar-refractivity contribution in [3.05, 3.63) is 35.1 Å². The van der Waals surface area contributed by atoms with Crippen molar-refractivity contribution in [3.8, 4) is 12.1 Å². The van der Waals surface area contributed by atoms with Gasteiger partial charge in [0.1, 0.15) is 11.9 Å². The van der Waals surface area contributed by atoms with Crippen LogP contribution in [0.1, 0.15) is 24.5 Å². The quantitative estimate of drug-likeness (QED) is 0.850. The van der Waals surface area contributed by atoms with Gasteiger partial charge in [-0.3, -0.25) is 9.80 Å². The highest BCUT2D eigenvalue weighted by atomic mass is 19.1. The minimum absolute atomic E-state index is 0.0224. The molecule has 21 heavy (non-hydrogen) atoms. The van der Waals surface area contributed by atoms with Gasteiger partial charge in [-0.2, -0.15) is 10.5 Å². The molecule has 0 saturated carbocycles. The third kappa shape index (κ3) is 3.58. The molecule has 2 rings (SSSR count). The highest BCUT2D eigenvalue weighted by molar-refractivity contribution is 5.34. The Hall–Kier alpha value is -1.95. The molecule has 0 bridgehead atoms. The molecule has 1 atom stereocenters. The van der Waals surface area contributed by atoms with Gasteiger partial charge in [-0.15, -0.1) is 0 Å². The van der Waals surface area contributed by atoms with Crippen LogP contribution in [-0.4, -0.2) is 42.0 Å². The van der Waals surface area contributed by atoms with E-state index in [1.807, 2.05) is 13.0 Å². The van der Waals surface area contributed by atoms with Gasteiger partial charge in [0.25, 0.3) is 0 Å². The van der Waals surface area contributed by atoms with Crippen molar-refractivity contribution in [2.45, 2.75) is 25.9 Å². The Bertz CT molecular complexity index is 565. The fraction of sp³-hybridized carbons (Fsp3) is 0.500. The van der Waals surface area contributed by atoms with Gasteiger partial charge in [0.15, 0.2) is 0 Å². The number of benzene rings is 1. The molecule has 110 valence electrons. The summed E-state index contributed by atoms with van der Waals surface area (Å²) in [7, 11) is 0. The maximum absolute atomic E-state index is 14.0. The fourth-order valence-electron chi connectivity index (χ4n) is 2.69. The summed E-state index contributed by atoms with van der Waals surface area (Å²) < 4.78 is 14.0. The maximum Gasteiger partial charge on any atom is 0.145 e. The van der Waals surface area contributed by atoms with Crippen LogP contribution in [0.25, 0.3) is 0 Å². The second-order valence-electron chi connectivity index (χ2n) is 5.26. The lowest BCUT2D eigenvalue weighted by molar-refractivity contribution is 0.107. The van der Waals surface area contributed by atoms with Gasteiger partial charge >= 0.3 is 0 Å². The Morgan fingerprint density at radius 3 is 2.52 bits per heavy atom. The van der Waals surface area contributed by atoms with E-state index in [1.165, 1.54) is 6.07 Å². The molecule has 1 saturated heterocycles. The minimum atomic E-state index is -0.411. The summed E-state index contributed by atoms with van der Waals surface area (Å²) in [6.45, 7) is 5.81. The molecule has 1 aromatic carbocycles. The highest BCUT2D eigenvalue weighted by Crippen LogP contribution is 2.16. The van der Waals surface area contributed by atoms with Crippen molar-refractivity contribution in [1.29, 1.82) is 10.5 Å². The third-order valence-electron chi connectivity index (χ3n) is 3.98. The molecule has 0 spiro atoms. The van der Waals surface area contributed by atoms with E-state index in [1.54, 1.807) is 12.1 Å². The zero-order valence-electron chi connectivity index (χ0n) is 12.2. The van der Waals surface area contributed by atoms with Gasteiger partial charge in [0.05, 0.1) is 17.7 Å². The second kappa shape index (κ2) is 7.17. The van der Waals surface area contributed by atoms with E-state index in [2.05, 4.69) is 15.9 Å². The molecule has 0 N–H and O–H groups in total. The molecular weight excluding hydrogens is 267 g/mol. The summed E-state index contributed by atoms with van der Waals surface area (Å²) in [5.74, 6) is -0.411. The average Bonchev–Trinajstić information content (AvgIpc) is 2.52. The maximum atomic E-state index is 14.0. The number of hydrogen-bond acceptors (Lipinski definition) is 4. The van der Waals surface area contributed by atoms with Crippen molar-refractivity contribution >= 4 is 0 Å². The number of hydrogen-bond donors (Lipinski definition) is 0. The van der Waals surface area contributed by atoms with Gasteiger partial charge in [0.2, 0.25) is 0 Å². The van der Waals surface area contributed by atoms with E-state index < -0.39 is 5.82 Å². The number of nitrogens with zero attached hydrogens (tertiary/aromatic N) is 4. The molecule has 1 fully saturated rings. The van der Waals surface area contributed by atoms with E-state index in [0.717, 1.165) is 32.6 Å². The van der Waals surface area contributed by atoms with E-state index in [9.17, 15) is 4.39 Å². The lowest BCUT2D eigenvalue weighted by Gasteiger charge is -2.36. The SMILES string of the molecule is CCC(C#N)N1CCN(Cc2cccc(C#N)c2F)CC1. The van der Waals surface area contributed by atoms with Gasteiger partial charge in [-0.25, -0.2) is 4.39 Å². The van der Waals surface area contributed by atoms with E-state index in [-0.39, 0.29) is 11.6 Å². The molecule has 1 aliphatic rings. The third-order valence-corrected chi connectivity index (χ3v) is 3.98. The molecule has 5 heteroatoms. The van der Waals surface area contributed by atoms with Crippen molar-refractivity contribution in [3.63, 3.8) is 0 Å². The van der Waals surface area contributed by atoms with Gasteiger partial charge in [-0.05, 0) is 12.5 Å². The molecule has 1 unspecified atom stereocenters. The average molecular weight is 286 g/mol. The van der Waals surface area contributed by atoms with Crippen LogP contribution in [0.5, 0.6) is 0 Å². The lowest BCUT2D eigenvalue weighted by Crippen LogP contribution is -2.49. The molecule has 0 aliphatic carbocycles. The minimum Gasteiger partial charge on any atom is -0.296 e. The molecule has 0 radical (unpaired) electrons. The largest absolute Gasteiger partial charge is 0.296 e. The zero-order chi connectivity index (χ0) is 15.2. The van der Waals surface area contributed by atoms with Crippen LogP contribution in [0.3, 0.4) is 0 Å². The summed E-state index contributed by atoms with van der Waals surface area (Å²) in [5, 5.41) is 17.9. The van der Waals surface area contributed by atoms with E-state index >= 15 is 0 Å². The van der Waals surface area contributed by atoms with Crippen molar-refractivity contribution in [1.82, 2.24) is 9.80 Å². The van der Waals surface area contributed by atoms with Crippen LogP contribution in [0.2, 0.25) is 0 Å². The van der Waals surface area contributed by atoms with Crippen molar-refractivity contribution in [2.75, 3.05) is 26.2 Å². The molecule has 0 aromatic heterocycles. The summed E-state index contributed by atoms with van der Waals surface area (Å²) in [4.78, 5) is 4.35. The van der Waals surface area contributed by atoms with Gasteiger partial charge in [0, 0.05) is 38.3 Å². The highest BCUT2D eigenvalue weighted by Gasteiger charge is 2.23. The first kappa shape index (κ1) is 15.4. The van der Waals surface area contributed by atoms with E-state index in [0.29, 0.717) is 12.1 Å². The summed E-state index contributed by atoms with van der Waals surface area (Å²) in [6.07, 6.45) is 0.829. The first-order chi connectivity index (χ1) is 10.2. The number of nitriles is 2. The molecule has 1 aromatic rings. The van der Waals surface area contributed by atoms with Crippen LogP contribution >= 0.6 is 0 Å². The van der Waals surface area contributed by atoms with Crippen molar-refractivity contribution in [2.24, 2.45) is 0 Å². The number of rotatable bonds is 4. The summed E-state index contributed by atoms with van der Waals surface area (Å²) in [5.41, 5.74) is 0.663. The molecule has 1 aliphatic heterocycles. The standard InChI is InChI=1S/C16H19FN4/c1-2-15(11-19)21-8-6-20(7-9-21)12-14-5-3-4-13(10-18)16(14)17/h3-5,15H,2,6-9,12H2,1H3. The Morgan fingerprint density at radius 1 is 1.24 bits per heavy atom. The molecule has 1 heterocycles. The van der Waals surface area contributed by atoms with E-state index in [4.69, 9.17) is 10.5 Å². The predicted molar refractivity (Wildman–Crippen MR) is 77.7 cm³/mol. The van der Waals surface area contributed by atoms with Crippen LogP contribution in [0.4, 0.5) is 4.39 Å². The Morgan fingerprint density at radius 2 is 1.95 bits per heavy atom. The molecular formula is C16H19FN4. The summed E-state index contributed by atoms with van der Waals surface area (Å²) >= 11 is 0. The smallest absolute Gasteiger partial charge is 0.145 e. The topological polar surface area (TPSA) is 54.1 Å². The Kier molecular flexibility index (Phi) is 5.27. The molecule has 0 amide bonds. The van der Waals surface area contributed by atoms with Crippen LogP contribution in [0.15, 0.2) is 18.2 Å². The zero-order valence-corrected chi connectivity index (χ0v) is 12.2. The fourth-order valence-corrected chi connectivity index (χ4v) is 2.69. The second-order valence-corrected chi connectivity index (χ2v) is 5.26. The van der Waals surface area contributed by atoms with Crippen LogP contribution < -0.4 is 0 Å². The Balaban J connectivity index is 1.96. The monoisotopic (exact) mass is 286 g/mol. The molecule has 4 nitrogen and oxygen atoms in total. The number of piperazine rings is 1.